The summed E-state index contributed by atoms with van der Waals surface area (Å²) < 4.78 is 16.2. The summed E-state index contributed by atoms with van der Waals surface area (Å²) in [6.07, 6.45) is 1.83. The third-order valence-electron chi connectivity index (χ3n) is 4.20. The van der Waals surface area contributed by atoms with Crippen LogP contribution >= 0.6 is 0 Å². The molecule has 1 heterocycles. The van der Waals surface area contributed by atoms with Gasteiger partial charge in [0.25, 0.3) is 0 Å². The lowest BCUT2D eigenvalue weighted by Gasteiger charge is -2.32. The van der Waals surface area contributed by atoms with Gasteiger partial charge in [0, 0.05) is 18.7 Å². The maximum atomic E-state index is 11.7. The molecule has 1 aromatic rings. The Kier molecular flexibility index (Phi) is 6.06. The number of carbonyl (C=O) groups is 1. The molecule has 1 amide bonds. The minimum atomic E-state index is -0.103. The highest BCUT2D eigenvalue weighted by Gasteiger charge is 2.26. The number of hydrogen-bond acceptors (Lipinski definition) is 6. The second kappa shape index (κ2) is 8.03. The molecule has 1 aliphatic rings. The number of nitrogens with two attached hydrogens (primary N) is 1. The molecule has 1 aliphatic heterocycles. The number of ether oxygens (including phenoxy) is 3. The van der Waals surface area contributed by atoms with Crippen LogP contribution in [0.3, 0.4) is 0 Å². The standard InChI is InChI=1S/C16H25N3O4/c1-21-13-7-6-11(14(22-2)15(13)23-3)9-19-8-4-5-12(10-19)16(20)18-17/h6-7,12H,4-5,8-10,17H2,1-3H3,(H,18,20). The van der Waals surface area contributed by atoms with Crippen molar-refractivity contribution in [1.82, 2.24) is 10.3 Å². The molecule has 0 bridgehead atoms. The van der Waals surface area contributed by atoms with Crippen molar-refractivity contribution in [1.29, 1.82) is 0 Å². The summed E-state index contributed by atoms with van der Waals surface area (Å²) >= 11 is 0. The van der Waals surface area contributed by atoms with Crippen LogP contribution in [0.4, 0.5) is 0 Å². The monoisotopic (exact) mass is 323 g/mol. The van der Waals surface area contributed by atoms with Crippen LogP contribution in [0.25, 0.3) is 0 Å². The molecule has 2 rings (SSSR count). The first-order valence-electron chi connectivity index (χ1n) is 7.65. The lowest BCUT2D eigenvalue weighted by atomic mass is 9.97. The van der Waals surface area contributed by atoms with Gasteiger partial charge in [-0.3, -0.25) is 15.1 Å². The number of hydrogen-bond donors (Lipinski definition) is 2. The normalized spacial score (nSPS) is 18.3. The zero-order chi connectivity index (χ0) is 16.8. The van der Waals surface area contributed by atoms with E-state index in [1.165, 1.54) is 0 Å². The Morgan fingerprint density at radius 2 is 2.00 bits per heavy atom. The molecule has 0 saturated carbocycles. The van der Waals surface area contributed by atoms with Crippen LogP contribution in [0, 0.1) is 5.92 Å². The van der Waals surface area contributed by atoms with E-state index in [1.54, 1.807) is 21.3 Å². The van der Waals surface area contributed by atoms with Crippen molar-refractivity contribution in [2.45, 2.75) is 19.4 Å². The molecule has 128 valence electrons. The molecular weight excluding hydrogens is 298 g/mol. The van der Waals surface area contributed by atoms with Gasteiger partial charge in [0.2, 0.25) is 11.7 Å². The summed E-state index contributed by atoms with van der Waals surface area (Å²) in [5.41, 5.74) is 3.25. The van der Waals surface area contributed by atoms with Crippen LogP contribution in [-0.4, -0.2) is 45.2 Å². The van der Waals surface area contributed by atoms with Crippen molar-refractivity contribution in [3.8, 4) is 17.2 Å². The first-order chi connectivity index (χ1) is 11.1. The predicted molar refractivity (Wildman–Crippen MR) is 86.4 cm³/mol. The Bertz CT molecular complexity index is 550. The van der Waals surface area contributed by atoms with Gasteiger partial charge in [0.15, 0.2) is 11.5 Å². The quantitative estimate of drug-likeness (QED) is 0.460. The van der Waals surface area contributed by atoms with E-state index in [1.807, 2.05) is 12.1 Å². The fraction of sp³-hybridized carbons (Fsp3) is 0.562. The minimum Gasteiger partial charge on any atom is -0.493 e. The number of piperidine rings is 1. The Balaban J connectivity index is 2.17. The molecule has 0 aliphatic carbocycles. The molecule has 1 unspecified atom stereocenters. The van der Waals surface area contributed by atoms with Crippen molar-refractivity contribution in [3.05, 3.63) is 17.7 Å². The van der Waals surface area contributed by atoms with Crippen molar-refractivity contribution >= 4 is 5.91 Å². The average Bonchev–Trinajstić information content (AvgIpc) is 2.60. The van der Waals surface area contributed by atoms with E-state index < -0.39 is 0 Å². The van der Waals surface area contributed by atoms with Crippen LogP contribution in [-0.2, 0) is 11.3 Å². The largest absolute Gasteiger partial charge is 0.493 e. The van der Waals surface area contributed by atoms with E-state index in [-0.39, 0.29) is 11.8 Å². The summed E-state index contributed by atoms with van der Waals surface area (Å²) in [5.74, 6) is 6.96. The third kappa shape index (κ3) is 3.86. The molecule has 0 aromatic heterocycles. The fourth-order valence-electron chi connectivity index (χ4n) is 3.06. The second-order valence-electron chi connectivity index (χ2n) is 5.58. The second-order valence-corrected chi connectivity index (χ2v) is 5.58. The number of benzene rings is 1. The smallest absolute Gasteiger partial charge is 0.238 e. The maximum absolute atomic E-state index is 11.7. The van der Waals surface area contributed by atoms with Crippen LogP contribution in [0.1, 0.15) is 18.4 Å². The van der Waals surface area contributed by atoms with Gasteiger partial charge in [0.1, 0.15) is 0 Å². The summed E-state index contributed by atoms with van der Waals surface area (Å²) in [7, 11) is 4.80. The summed E-state index contributed by atoms with van der Waals surface area (Å²) in [4.78, 5) is 14.0. The SMILES string of the molecule is COc1ccc(CN2CCCC(C(=O)NN)C2)c(OC)c1OC. The summed E-state index contributed by atoms with van der Waals surface area (Å²) in [6.45, 7) is 2.30. The van der Waals surface area contributed by atoms with E-state index >= 15 is 0 Å². The molecule has 1 saturated heterocycles. The lowest BCUT2D eigenvalue weighted by molar-refractivity contribution is -0.126. The van der Waals surface area contributed by atoms with Gasteiger partial charge in [-0.2, -0.15) is 0 Å². The van der Waals surface area contributed by atoms with E-state index in [9.17, 15) is 4.79 Å². The van der Waals surface area contributed by atoms with Gasteiger partial charge in [-0.1, -0.05) is 6.07 Å². The molecule has 1 aromatic carbocycles. The predicted octanol–water partition coefficient (Wildman–Crippen LogP) is 0.914. The number of likely N-dealkylation sites (tertiary alicyclic amines) is 1. The third-order valence-corrected chi connectivity index (χ3v) is 4.20. The number of rotatable bonds is 6. The maximum Gasteiger partial charge on any atom is 0.238 e. The number of carbonyl (C=O) groups excluding carboxylic acids is 1. The summed E-state index contributed by atoms with van der Waals surface area (Å²) in [5, 5.41) is 0. The van der Waals surface area contributed by atoms with Crippen LogP contribution in [0.5, 0.6) is 17.2 Å². The van der Waals surface area contributed by atoms with Gasteiger partial charge in [0.05, 0.1) is 27.2 Å². The molecule has 1 atom stereocenters. The zero-order valence-corrected chi connectivity index (χ0v) is 13.9. The van der Waals surface area contributed by atoms with Crippen LogP contribution in [0.15, 0.2) is 12.1 Å². The molecular formula is C16H25N3O4. The van der Waals surface area contributed by atoms with E-state index in [2.05, 4.69) is 10.3 Å². The van der Waals surface area contributed by atoms with E-state index in [0.29, 0.717) is 30.3 Å². The molecule has 0 radical (unpaired) electrons. The Morgan fingerprint density at radius 3 is 2.61 bits per heavy atom. The number of methoxy groups -OCH3 is 3. The van der Waals surface area contributed by atoms with Crippen LogP contribution < -0.4 is 25.5 Å². The van der Waals surface area contributed by atoms with Crippen molar-refractivity contribution in [3.63, 3.8) is 0 Å². The Morgan fingerprint density at radius 1 is 1.26 bits per heavy atom. The van der Waals surface area contributed by atoms with E-state index in [4.69, 9.17) is 20.1 Å². The van der Waals surface area contributed by atoms with Crippen molar-refractivity contribution in [2.24, 2.45) is 11.8 Å². The average molecular weight is 323 g/mol. The van der Waals surface area contributed by atoms with Gasteiger partial charge in [-0.15, -0.1) is 0 Å². The Hall–Kier alpha value is -1.99. The van der Waals surface area contributed by atoms with Crippen LogP contribution in [0.2, 0.25) is 0 Å². The number of hydrazine groups is 1. The number of nitrogens with zero attached hydrogens (tertiary/aromatic N) is 1. The van der Waals surface area contributed by atoms with Gasteiger partial charge in [-0.25, -0.2) is 5.84 Å². The fourth-order valence-corrected chi connectivity index (χ4v) is 3.06. The molecule has 7 nitrogen and oxygen atoms in total. The van der Waals surface area contributed by atoms with Gasteiger partial charge >= 0.3 is 0 Å². The summed E-state index contributed by atoms with van der Waals surface area (Å²) in [6, 6.07) is 3.83. The van der Waals surface area contributed by atoms with Gasteiger partial charge in [-0.05, 0) is 25.5 Å². The van der Waals surface area contributed by atoms with Crippen molar-refractivity contribution < 1.29 is 19.0 Å². The minimum absolute atomic E-state index is 0.0695. The highest BCUT2D eigenvalue weighted by molar-refractivity contribution is 5.78. The van der Waals surface area contributed by atoms with Gasteiger partial charge < -0.3 is 14.2 Å². The first-order valence-corrected chi connectivity index (χ1v) is 7.65. The molecule has 3 N–H and O–H groups in total. The molecule has 7 heteroatoms. The highest BCUT2D eigenvalue weighted by atomic mass is 16.5. The molecule has 1 fully saturated rings. The zero-order valence-electron chi connectivity index (χ0n) is 13.9. The lowest BCUT2D eigenvalue weighted by Crippen LogP contribution is -2.44. The topological polar surface area (TPSA) is 86.1 Å². The number of nitrogens with one attached hydrogen (secondary N) is 1. The Labute approximate surface area is 136 Å². The molecule has 23 heavy (non-hydrogen) atoms. The first kappa shape index (κ1) is 17.4. The highest BCUT2D eigenvalue weighted by Crippen LogP contribution is 2.40. The number of amides is 1. The van der Waals surface area contributed by atoms with Crippen molar-refractivity contribution in [2.75, 3.05) is 34.4 Å². The van der Waals surface area contributed by atoms with E-state index in [0.717, 1.165) is 24.9 Å². The molecule has 0 spiro atoms.